The first-order valence-corrected chi connectivity index (χ1v) is 13.1. The molecule has 9 heteroatoms. The molecular weight excluding hydrogens is 532 g/mol. The lowest BCUT2D eigenvalue weighted by Gasteiger charge is -2.10. The summed E-state index contributed by atoms with van der Waals surface area (Å²) in [5.41, 5.74) is 2.65. The highest BCUT2D eigenvalue weighted by molar-refractivity contribution is 9.10. The van der Waals surface area contributed by atoms with Crippen LogP contribution in [-0.4, -0.2) is 34.2 Å². The van der Waals surface area contributed by atoms with Crippen LogP contribution in [0, 0.1) is 6.92 Å². The van der Waals surface area contributed by atoms with Crippen molar-refractivity contribution in [2.75, 3.05) is 26.1 Å². The predicted molar refractivity (Wildman–Crippen MR) is 138 cm³/mol. The third kappa shape index (κ3) is 5.36. The molecule has 0 unspecified atom stereocenters. The molecule has 0 radical (unpaired) electrons. The third-order valence-corrected chi connectivity index (χ3v) is 7.70. The number of hydrogen-bond donors (Lipinski definition) is 1. The van der Waals surface area contributed by atoms with Crippen LogP contribution in [-0.2, 0) is 16.3 Å². The molecule has 4 aromatic rings. The summed E-state index contributed by atoms with van der Waals surface area (Å²) >= 11 is 3.34. The van der Waals surface area contributed by atoms with Crippen molar-refractivity contribution in [1.82, 2.24) is 4.98 Å². The fourth-order valence-electron chi connectivity index (χ4n) is 3.61. The topological polar surface area (TPSA) is 90.7 Å². The van der Waals surface area contributed by atoms with E-state index in [1.165, 1.54) is 12.1 Å². The summed E-state index contributed by atoms with van der Waals surface area (Å²) in [4.78, 5) is 4.55. The average molecular weight is 557 g/mol. The zero-order chi connectivity index (χ0) is 25.0. The molecule has 35 heavy (non-hydrogen) atoms. The Kier molecular flexibility index (Phi) is 7.47. The quantitative estimate of drug-likeness (QED) is 0.273. The number of nitrogens with one attached hydrogen (secondary N) is 1. The van der Waals surface area contributed by atoms with Crippen molar-refractivity contribution in [3.05, 3.63) is 82.3 Å². The van der Waals surface area contributed by atoms with Crippen LogP contribution in [0.3, 0.4) is 0 Å². The van der Waals surface area contributed by atoms with Gasteiger partial charge in [0.25, 0.3) is 0 Å². The highest BCUT2D eigenvalue weighted by Crippen LogP contribution is 2.34. The van der Waals surface area contributed by atoms with Crippen molar-refractivity contribution in [2.45, 2.75) is 23.3 Å². The van der Waals surface area contributed by atoms with Gasteiger partial charge in [-0.3, -0.25) is 0 Å². The molecule has 0 aliphatic heterocycles. The molecule has 182 valence electrons. The van der Waals surface area contributed by atoms with Gasteiger partial charge < -0.3 is 19.2 Å². The molecule has 0 fully saturated rings. The molecular formula is C26H25BrN2O5S. The Morgan fingerprint density at radius 1 is 0.971 bits per heavy atom. The van der Waals surface area contributed by atoms with Gasteiger partial charge in [-0.15, -0.1) is 0 Å². The van der Waals surface area contributed by atoms with Crippen molar-refractivity contribution >= 4 is 31.7 Å². The lowest BCUT2D eigenvalue weighted by molar-refractivity contribution is 0.354. The molecule has 0 amide bonds. The Morgan fingerprint density at radius 3 is 2.37 bits per heavy atom. The number of aryl methyl sites for hydroxylation is 1. The zero-order valence-electron chi connectivity index (χ0n) is 19.5. The number of sulfone groups is 1. The van der Waals surface area contributed by atoms with Gasteiger partial charge in [0.1, 0.15) is 0 Å². The van der Waals surface area contributed by atoms with E-state index in [1.807, 2.05) is 49.4 Å². The Morgan fingerprint density at radius 2 is 1.69 bits per heavy atom. The second-order valence-electron chi connectivity index (χ2n) is 7.79. The summed E-state index contributed by atoms with van der Waals surface area (Å²) in [5, 5.41) is 2.99. The number of hydrogen-bond acceptors (Lipinski definition) is 7. The lowest BCUT2D eigenvalue weighted by atomic mass is 10.1. The van der Waals surface area contributed by atoms with Gasteiger partial charge in [-0.05, 0) is 66.9 Å². The van der Waals surface area contributed by atoms with Crippen LogP contribution in [0.2, 0.25) is 0 Å². The van der Waals surface area contributed by atoms with E-state index in [0.29, 0.717) is 24.5 Å². The minimum atomic E-state index is -3.93. The largest absolute Gasteiger partial charge is 0.493 e. The van der Waals surface area contributed by atoms with Crippen LogP contribution < -0.4 is 14.8 Å². The van der Waals surface area contributed by atoms with Crippen molar-refractivity contribution in [3.8, 4) is 23.0 Å². The van der Waals surface area contributed by atoms with Gasteiger partial charge in [-0.1, -0.05) is 40.2 Å². The molecule has 0 saturated carbocycles. The molecule has 0 aliphatic rings. The molecule has 0 bridgehead atoms. The highest BCUT2D eigenvalue weighted by atomic mass is 79.9. The summed E-state index contributed by atoms with van der Waals surface area (Å²) in [5.74, 6) is 1.62. The van der Waals surface area contributed by atoms with Gasteiger partial charge in [0, 0.05) is 16.6 Å². The monoisotopic (exact) mass is 556 g/mol. The molecule has 1 aromatic heterocycles. The van der Waals surface area contributed by atoms with Gasteiger partial charge in [-0.2, -0.15) is 4.98 Å². The molecule has 1 N–H and O–H groups in total. The number of oxazole rings is 1. The molecule has 4 rings (SSSR count). The third-order valence-electron chi connectivity index (χ3n) is 5.50. The maximum atomic E-state index is 13.5. The Balaban J connectivity index is 1.66. The number of ether oxygens (including phenoxy) is 2. The van der Waals surface area contributed by atoms with Crippen LogP contribution in [0.1, 0.15) is 11.1 Å². The number of anilines is 1. The summed E-state index contributed by atoms with van der Waals surface area (Å²) in [6.07, 6.45) is 0.596. The SMILES string of the molecule is COc1ccc(CCNc2oc(-c3ccccc3C)nc2S(=O)(=O)c2ccc(Br)cc2)cc1OC. The van der Waals surface area contributed by atoms with E-state index in [1.54, 1.807) is 26.4 Å². The Bertz CT molecular complexity index is 1430. The highest BCUT2D eigenvalue weighted by Gasteiger charge is 2.28. The van der Waals surface area contributed by atoms with Gasteiger partial charge in [0.2, 0.25) is 26.6 Å². The summed E-state index contributed by atoms with van der Waals surface area (Å²) in [7, 11) is -0.756. The number of methoxy groups -OCH3 is 2. The summed E-state index contributed by atoms with van der Waals surface area (Å²) in [6.45, 7) is 2.34. The van der Waals surface area contributed by atoms with Crippen LogP contribution in [0.25, 0.3) is 11.5 Å². The van der Waals surface area contributed by atoms with Crippen molar-refractivity contribution in [2.24, 2.45) is 0 Å². The minimum Gasteiger partial charge on any atom is -0.493 e. The average Bonchev–Trinajstić information content (AvgIpc) is 3.29. The predicted octanol–water partition coefficient (Wildman–Crippen LogP) is 5.92. The first kappa shape index (κ1) is 24.8. The summed E-state index contributed by atoms with van der Waals surface area (Å²) < 4.78 is 44.4. The first-order valence-electron chi connectivity index (χ1n) is 10.9. The minimum absolute atomic E-state index is 0.103. The van der Waals surface area contributed by atoms with Crippen LogP contribution in [0.15, 0.2) is 85.5 Å². The summed E-state index contributed by atoms with van der Waals surface area (Å²) in [6, 6.07) is 19.6. The number of halogens is 1. The number of benzene rings is 3. The van der Waals surface area contributed by atoms with Gasteiger partial charge >= 0.3 is 0 Å². The zero-order valence-corrected chi connectivity index (χ0v) is 21.9. The Hall–Kier alpha value is -3.30. The second kappa shape index (κ2) is 10.5. The van der Waals surface area contributed by atoms with E-state index in [0.717, 1.165) is 21.2 Å². The standard InChI is InChI=1S/C26H25BrN2O5S/c1-17-6-4-5-7-21(17)24-29-26(35(30,31)20-11-9-19(27)10-12-20)25(34-24)28-15-14-18-8-13-22(32-2)23(16-18)33-3/h4-13,16,28H,14-15H2,1-3H3. The van der Waals surface area contributed by atoms with Crippen LogP contribution in [0.4, 0.5) is 5.88 Å². The van der Waals surface area contributed by atoms with E-state index in [-0.39, 0.29) is 21.7 Å². The van der Waals surface area contributed by atoms with Gasteiger partial charge in [0.05, 0.1) is 19.1 Å². The fourth-order valence-corrected chi connectivity index (χ4v) is 5.15. The van der Waals surface area contributed by atoms with Crippen molar-refractivity contribution in [3.63, 3.8) is 0 Å². The molecule has 0 atom stereocenters. The van der Waals surface area contributed by atoms with Gasteiger partial charge in [-0.25, -0.2) is 8.42 Å². The van der Waals surface area contributed by atoms with Crippen molar-refractivity contribution in [1.29, 1.82) is 0 Å². The second-order valence-corrected chi connectivity index (χ2v) is 10.6. The molecule has 7 nitrogen and oxygen atoms in total. The molecule has 1 heterocycles. The van der Waals surface area contributed by atoms with Crippen LogP contribution >= 0.6 is 15.9 Å². The number of rotatable bonds is 9. The first-order chi connectivity index (χ1) is 16.8. The molecule has 0 aliphatic carbocycles. The number of nitrogens with zero attached hydrogens (tertiary/aromatic N) is 1. The smallest absolute Gasteiger partial charge is 0.233 e. The van der Waals surface area contributed by atoms with E-state index >= 15 is 0 Å². The maximum absolute atomic E-state index is 13.5. The van der Waals surface area contributed by atoms with E-state index in [9.17, 15) is 8.42 Å². The molecule has 0 spiro atoms. The Labute approximate surface area is 213 Å². The van der Waals surface area contributed by atoms with E-state index < -0.39 is 9.84 Å². The normalized spacial score (nSPS) is 11.3. The molecule has 3 aromatic carbocycles. The number of aromatic nitrogens is 1. The lowest BCUT2D eigenvalue weighted by Crippen LogP contribution is -2.10. The van der Waals surface area contributed by atoms with Gasteiger partial charge in [0.15, 0.2) is 11.5 Å². The molecule has 0 saturated heterocycles. The van der Waals surface area contributed by atoms with E-state index in [4.69, 9.17) is 13.9 Å². The fraction of sp³-hybridized carbons (Fsp3) is 0.192. The van der Waals surface area contributed by atoms with Crippen molar-refractivity contribution < 1.29 is 22.3 Å². The van der Waals surface area contributed by atoms with E-state index in [2.05, 4.69) is 26.2 Å². The maximum Gasteiger partial charge on any atom is 0.233 e. The van der Waals surface area contributed by atoms with Crippen LogP contribution in [0.5, 0.6) is 11.5 Å².